The minimum absolute atomic E-state index is 0.151. The number of carbonyl (C=O) groups excluding carboxylic acids is 1. The summed E-state index contributed by atoms with van der Waals surface area (Å²) in [5.41, 5.74) is 8.49. The number of ether oxygens (including phenoxy) is 1. The van der Waals surface area contributed by atoms with Crippen molar-refractivity contribution in [3.63, 3.8) is 0 Å². The molecule has 2 aromatic heterocycles. The maximum absolute atomic E-state index is 11.7. The fraction of sp³-hybridized carbons (Fsp3) is 0.308. The first-order valence-electron chi connectivity index (χ1n) is 5.74. The zero-order valence-corrected chi connectivity index (χ0v) is 10.7. The van der Waals surface area contributed by atoms with Crippen LogP contribution in [0.5, 0.6) is 0 Å². The van der Waals surface area contributed by atoms with Crippen LogP contribution >= 0.6 is 0 Å². The first kappa shape index (κ1) is 12.3. The molecule has 18 heavy (non-hydrogen) atoms. The van der Waals surface area contributed by atoms with Gasteiger partial charge in [-0.25, -0.2) is 14.8 Å². The molecule has 0 aromatic carbocycles. The van der Waals surface area contributed by atoms with Gasteiger partial charge in [-0.05, 0) is 38.5 Å². The topological polar surface area (TPSA) is 78.1 Å². The number of esters is 1. The van der Waals surface area contributed by atoms with Crippen LogP contribution in [0.25, 0.3) is 11.0 Å². The molecule has 2 rings (SSSR count). The van der Waals surface area contributed by atoms with Gasteiger partial charge in [-0.3, -0.25) is 0 Å². The number of nitrogens with two attached hydrogens (primary N) is 1. The van der Waals surface area contributed by atoms with Gasteiger partial charge >= 0.3 is 5.97 Å². The Bertz CT molecular complexity index is 623. The molecule has 0 amide bonds. The first-order chi connectivity index (χ1) is 8.52. The van der Waals surface area contributed by atoms with Crippen molar-refractivity contribution in [2.45, 2.75) is 20.8 Å². The monoisotopic (exact) mass is 245 g/mol. The number of nitrogen functional groups attached to an aromatic ring is 1. The van der Waals surface area contributed by atoms with Crippen molar-refractivity contribution in [1.82, 2.24) is 9.97 Å². The Balaban J connectivity index is 2.64. The summed E-state index contributed by atoms with van der Waals surface area (Å²) in [6, 6.07) is 3.63. The van der Waals surface area contributed by atoms with Crippen LogP contribution in [-0.4, -0.2) is 22.5 Å². The highest BCUT2D eigenvalue weighted by Crippen LogP contribution is 2.21. The average Bonchev–Trinajstić information content (AvgIpc) is 2.27. The van der Waals surface area contributed by atoms with Crippen molar-refractivity contribution in [3.8, 4) is 0 Å². The number of fused-ring (bicyclic) bond motifs is 1. The summed E-state index contributed by atoms with van der Waals surface area (Å²) >= 11 is 0. The van der Waals surface area contributed by atoms with Crippen molar-refractivity contribution in [1.29, 1.82) is 0 Å². The number of hydrogen-bond donors (Lipinski definition) is 1. The van der Waals surface area contributed by atoms with Gasteiger partial charge in [0.15, 0.2) is 5.65 Å². The fourth-order valence-corrected chi connectivity index (χ4v) is 1.86. The molecule has 94 valence electrons. The SMILES string of the molecule is CCOC(=O)c1cc2c(C)cc(C)nc2nc1N. The van der Waals surface area contributed by atoms with Crippen molar-refractivity contribution in [2.75, 3.05) is 12.3 Å². The van der Waals surface area contributed by atoms with Crippen molar-refractivity contribution in [3.05, 3.63) is 29.0 Å². The average molecular weight is 245 g/mol. The summed E-state index contributed by atoms with van der Waals surface area (Å²) < 4.78 is 4.94. The first-order valence-corrected chi connectivity index (χ1v) is 5.74. The highest BCUT2D eigenvalue weighted by atomic mass is 16.5. The summed E-state index contributed by atoms with van der Waals surface area (Å²) in [7, 11) is 0. The van der Waals surface area contributed by atoms with Gasteiger partial charge in [0.25, 0.3) is 0 Å². The van der Waals surface area contributed by atoms with Crippen molar-refractivity contribution < 1.29 is 9.53 Å². The molecule has 2 N–H and O–H groups in total. The summed E-state index contributed by atoms with van der Waals surface area (Å²) in [6.07, 6.45) is 0. The fourth-order valence-electron chi connectivity index (χ4n) is 1.86. The molecule has 2 heterocycles. The van der Waals surface area contributed by atoms with Crippen LogP contribution in [0.4, 0.5) is 5.82 Å². The van der Waals surface area contributed by atoms with Gasteiger partial charge in [-0.15, -0.1) is 0 Å². The normalized spacial score (nSPS) is 10.6. The van der Waals surface area contributed by atoms with Gasteiger partial charge in [0.05, 0.1) is 6.61 Å². The molecule has 5 heteroatoms. The second-order valence-electron chi connectivity index (χ2n) is 4.09. The van der Waals surface area contributed by atoms with E-state index in [0.717, 1.165) is 16.6 Å². The van der Waals surface area contributed by atoms with Crippen molar-refractivity contribution in [2.24, 2.45) is 0 Å². The number of nitrogens with zero attached hydrogens (tertiary/aromatic N) is 2. The van der Waals surface area contributed by atoms with E-state index in [-0.39, 0.29) is 11.4 Å². The van der Waals surface area contributed by atoms with E-state index in [2.05, 4.69) is 9.97 Å². The van der Waals surface area contributed by atoms with E-state index in [9.17, 15) is 4.79 Å². The summed E-state index contributed by atoms with van der Waals surface area (Å²) in [5.74, 6) is -0.303. The zero-order chi connectivity index (χ0) is 13.3. The van der Waals surface area contributed by atoms with Crippen LogP contribution in [0.15, 0.2) is 12.1 Å². The van der Waals surface area contributed by atoms with Gasteiger partial charge in [0.2, 0.25) is 0 Å². The molecule has 0 atom stereocenters. The lowest BCUT2D eigenvalue weighted by Crippen LogP contribution is -2.10. The maximum atomic E-state index is 11.7. The van der Waals surface area contributed by atoms with E-state index >= 15 is 0 Å². The number of aromatic nitrogens is 2. The smallest absolute Gasteiger partial charge is 0.341 e. The number of carbonyl (C=O) groups is 1. The molecule has 0 unspecified atom stereocenters. The molecule has 2 aromatic rings. The van der Waals surface area contributed by atoms with Gasteiger partial charge in [0.1, 0.15) is 11.4 Å². The van der Waals surface area contributed by atoms with Gasteiger partial charge in [-0.2, -0.15) is 0 Å². The molecule has 0 spiro atoms. The van der Waals surface area contributed by atoms with Crippen LogP contribution in [-0.2, 0) is 4.74 Å². The Kier molecular flexibility index (Phi) is 3.14. The van der Waals surface area contributed by atoms with E-state index in [0.29, 0.717) is 12.3 Å². The largest absolute Gasteiger partial charge is 0.462 e. The molecule has 0 saturated heterocycles. The van der Waals surface area contributed by atoms with E-state index in [1.165, 1.54) is 0 Å². The maximum Gasteiger partial charge on any atom is 0.341 e. The Hall–Kier alpha value is -2.17. The molecule has 0 aliphatic heterocycles. The quantitative estimate of drug-likeness (QED) is 0.819. The molecular weight excluding hydrogens is 230 g/mol. The summed E-state index contributed by atoms with van der Waals surface area (Å²) in [6.45, 7) is 5.90. The molecule has 5 nitrogen and oxygen atoms in total. The van der Waals surface area contributed by atoms with E-state index < -0.39 is 5.97 Å². The Labute approximate surface area is 105 Å². The Morgan fingerprint density at radius 3 is 2.72 bits per heavy atom. The Morgan fingerprint density at radius 1 is 1.33 bits per heavy atom. The van der Waals surface area contributed by atoms with Gasteiger partial charge in [0, 0.05) is 11.1 Å². The molecular formula is C13H15N3O2. The van der Waals surface area contributed by atoms with Crippen LogP contribution in [0.3, 0.4) is 0 Å². The predicted molar refractivity (Wildman–Crippen MR) is 69.4 cm³/mol. The molecule has 0 aliphatic carbocycles. The molecule has 0 aliphatic rings. The van der Waals surface area contributed by atoms with E-state index in [4.69, 9.17) is 10.5 Å². The van der Waals surface area contributed by atoms with Crippen LogP contribution in [0, 0.1) is 13.8 Å². The molecule has 0 fully saturated rings. The Morgan fingerprint density at radius 2 is 2.06 bits per heavy atom. The van der Waals surface area contributed by atoms with Crippen LogP contribution in [0.1, 0.15) is 28.5 Å². The van der Waals surface area contributed by atoms with E-state index in [1.807, 2.05) is 19.9 Å². The predicted octanol–water partition coefficient (Wildman–Crippen LogP) is 2.01. The third kappa shape index (κ3) is 2.11. The lowest BCUT2D eigenvalue weighted by molar-refractivity contribution is 0.0527. The van der Waals surface area contributed by atoms with E-state index in [1.54, 1.807) is 13.0 Å². The highest BCUT2D eigenvalue weighted by molar-refractivity contribution is 5.98. The molecule has 0 radical (unpaired) electrons. The number of pyridine rings is 2. The minimum Gasteiger partial charge on any atom is -0.462 e. The summed E-state index contributed by atoms with van der Waals surface area (Å²) in [5, 5.41) is 0.817. The second kappa shape index (κ2) is 4.60. The lowest BCUT2D eigenvalue weighted by Gasteiger charge is -2.08. The third-order valence-corrected chi connectivity index (χ3v) is 2.66. The number of anilines is 1. The number of rotatable bonds is 2. The molecule has 0 saturated carbocycles. The summed E-state index contributed by atoms with van der Waals surface area (Å²) in [4.78, 5) is 20.2. The molecule has 0 bridgehead atoms. The third-order valence-electron chi connectivity index (χ3n) is 2.66. The number of hydrogen-bond acceptors (Lipinski definition) is 5. The van der Waals surface area contributed by atoms with Gasteiger partial charge < -0.3 is 10.5 Å². The standard InChI is InChI=1S/C13H15N3O2/c1-4-18-13(17)10-6-9-7(2)5-8(3)15-12(9)16-11(10)14/h5-6H,4H2,1-3H3,(H2,14,15,16). The van der Waals surface area contributed by atoms with Crippen LogP contribution in [0.2, 0.25) is 0 Å². The lowest BCUT2D eigenvalue weighted by atomic mass is 10.1. The second-order valence-corrected chi connectivity index (χ2v) is 4.09. The highest BCUT2D eigenvalue weighted by Gasteiger charge is 2.15. The minimum atomic E-state index is -0.454. The van der Waals surface area contributed by atoms with Crippen molar-refractivity contribution >= 4 is 22.8 Å². The number of aryl methyl sites for hydroxylation is 2. The van der Waals surface area contributed by atoms with Crippen LogP contribution < -0.4 is 5.73 Å². The zero-order valence-electron chi connectivity index (χ0n) is 10.7. The van der Waals surface area contributed by atoms with Gasteiger partial charge in [-0.1, -0.05) is 0 Å².